The Morgan fingerprint density at radius 3 is 2.67 bits per heavy atom. The lowest BCUT2D eigenvalue weighted by Gasteiger charge is -2.38. The van der Waals surface area contributed by atoms with Crippen molar-refractivity contribution in [3.05, 3.63) is 34.3 Å². The van der Waals surface area contributed by atoms with Crippen LogP contribution in [-0.4, -0.2) is 41.8 Å². The van der Waals surface area contributed by atoms with Gasteiger partial charge in [0.25, 0.3) is 0 Å². The van der Waals surface area contributed by atoms with Gasteiger partial charge in [0.1, 0.15) is 0 Å². The van der Waals surface area contributed by atoms with E-state index in [0.29, 0.717) is 6.54 Å². The minimum absolute atomic E-state index is 0.550. The number of benzene rings is 1. The summed E-state index contributed by atoms with van der Waals surface area (Å²) in [5.41, 5.74) is 6.20. The van der Waals surface area contributed by atoms with Crippen molar-refractivity contribution in [2.45, 2.75) is 24.9 Å². The molecule has 0 saturated carbocycles. The molecule has 1 fully saturated rings. The monoisotopic (exact) mass is 312 g/mol. The molecule has 3 nitrogen and oxygen atoms in total. The highest BCUT2D eigenvalue weighted by Crippen LogP contribution is 2.27. The largest absolute Gasteiger partial charge is 0.389 e. The van der Waals surface area contributed by atoms with Gasteiger partial charge in [-0.3, -0.25) is 0 Å². The topological polar surface area (TPSA) is 49.5 Å². The van der Waals surface area contributed by atoms with Crippen molar-refractivity contribution in [1.29, 1.82) is 0 Å². The van der Waals surface area contributed by atoms with E-state index >= 15 is 0 Å². The molecule has 2 rings (SSSR count). The molecule has 1 aliphatic heterocycles. The van der Waals surface area contributed by atoms with Crippen molar-refractivity contribution in [2.75, 3.05) is 26.2 Å². The van der Waals surface area contributed by atoms with Gasteiger partial charge in [-0.15, -0.1) is 0 Å². The third-order valence-corrected chi connectivity index (χ3v) is 4.15. The first-order chi connectivity index (χ1) is 8.61. The Bertz CT molecular complexity index is 389. The molecule has 4 heteroatoms. The average Bonchev–Trinajstić information content (AvgIpc) is 2.32. The van der Waals surface area contributed by atoms with Crippen LogP contribution in [0.1, 0.15) is 18.4 Å². The van der Waals surface area contributed by atoms with Crippen LogP contribution in [0.4, 0.5) is 0 Å². The van der Waals surface area contributed by atoms with Crippen LogP contribution in [-0.2, 0) is 6.42 Å². The summed E-state index contributed by atoms with van der Waals surface area (Å²) in [7, 11) is 0. The summed E-state index contributed by atoms with van der Waals surface area (Å²) in [5, 5.41) is 10.6. The Balaban J connectivity index is 1.93. The molecule has 0 spiro atoms. The van der Waals surface area contributed by atoms with Gasteiger partial charge in [-0.1, -0.05) is 28.1 Å². The van der Waals surface area contributed by atoms with Crippen LogP contribution >= 0.6 is 15.9 Å². The fourth-order valence-electron chi connectivity index (χ4n) is 2.58. The zero-order valence-electron chi connectivity index (χ0n) is 10.6. The van der Waals surface area contributed by atoms with Gasteiger partial charge in [-0.2, -0.15) is 0 Å². The van der Waals surface area contributed by atoms with Crippen LogP contribution in [0.3, 0.4) is 0 Å². The van der Waals surface area contributed by atoms with E-state index in [2.05, 4.69) is 33.0 Å². The van der Waals surface area contributed by atoms with E-state index < -0.39 is 5.60 Å². The van der Waals surface area contributed by atoms with Gasteiger partial charge >= 0.3 is 0 Å². The molecule has 0 aliphatic carbocycles. The molecular weight excluding hydrogens is 292 g/mol. The summed E-state index contributed by atoms with van der Waals surface area (Å²) in [6.45, 7) is 3.53. The highest BCUT2D eigenvalue weighted by molar-refractivity contribution is 9.10. The Morgan fingerprint density at radius 1 is 1.33 bits per heavy atom. The van der Waals surface area contributed by atoms with Crippen molar-refractivity contribution < 1.29 is 5.11 Å². The number of nitrogens with two attached hydrogens (primary N) is 1. The first-order valence-electron chi connectivity index (χ1n) is 6.51. The Morgan fingerprint density at radius 2 is 2.06 bits per heavy atom. The maximum Gasteiger partial charge on any atom is 0.0712 e. The van der Waals surface area contributed by atoms with Crippen LogP contribution in [0.25, 0.3) is 0 Å². The third-order valence-electron chi connectivity index (χ3n) is 3.65. The number of rotatable bonds is 4. The second kappa shape index (κ2) is 6.15. The van der Waals surface area contributed by atoms with Crippen molar-refractivity contribution in [2.24, 2.45) is 5.73 Å². The fraction of sp³-hybridized carbons (Fsp3) is 0.571. The van der Waals surface area contributed by atoms with Crippen LogP contribution < -0.4 is 5.73 Å². The Labute approximate surface area is 117 Å². The average molecular weight is 313 g/mol. The Hall–Kier alpha value is -0.420. The van der Waals surface area contributed by atoms with Crippen LogP contribution in [0.15, 0.2) is 28.7 Å². The maximum atomic E-state index is 10.6. The van der Waals surface area contributed by atoms with Gasteiger partial charge in [-0.05, 0) is 30.5 Å². The molecule has 0 radical (unpaired) electrons. The van der Waals surface area contributed by atoms with E-state index in [1.807, 2.05) is 12.1 Å². The minimum Gasteiger partial charge on any atom is -0.389 e. The molecule has 1 heterocycles. The Kier molecular flexibility index (Phi) is 4.78. The lowest BCUT2D eigenvalue weighted by molar-refractivity contribution is -0.0198. The van der Waals surface area contributed by atoms with Gasteiger partial charge in [-0.25, -0.2) is 0 Å². The number of piperidine rings is 1. The summed E-state index contributed by atoms with van der Waals surface area (Å²) in [6, 6.07) is 8.20. The predicted molar refractivity (Wildman–Crippen MR) is 77.5 cm³/mol. The number of aliphatic hydroxyl groups is 1. The SMILES string of the molecule is NCCN1CCC(O)(Cc2cccc(Br)c2)CC1. The second-order valence-electron chi connectivity index (χ2n) is 5.16. The molecule has 1 aliphatic rings. The number of likely N-dealkylation sites (tertiary alicyclic amines) is 1. The molecule has 18 heavy (non-hydrogen) atoms. The van der Waals surface area contributed by atoms with E-state index in [4.69, 9.17) is 5.73 Å². The van der Waals surface area contributed by atoms with Gasteiger partial charge in [0.05, 0.1) is 5.60 Å². The van der Waals surface area contributed by atoms with Gasteiger partial charge in [0.15, 0.2) is 0 Å². The molecule has 1 aromatic carbocycles. The summed E-state index contributed by atoms with van der Waals surface area (Å²) in [6.07, 6.45) is 2.40. The smallest absolute Gasteiger partial charge is 0.0712 e. The third kappa shape index (κ3) is 3.79. The van der Waals surface area contributed by atoms with Gasteiger partial charge in [0, 0.05) is 37.1 Å². The van der Waals surface area contributed by atoms with E-state index in [1.165, 1.54) is 5.56 Å². The molecule has 0 atom stereocenters. The fourth-order valence-corrected chi connectivity index (χ4v) is 3.03. The van der Waals surface area contributed by atoms with Gasteiger partial charge in [0.2, 0.25) is 0 Å². The summed E-state index contributed by atoms with van der Waals surface area (Å²) < 4.78 is 1.07. The predicted octanol–water partition coefficient (Wildman–Crippen LogP) is 1.78. The first kappa shape index (κ1) is 14.0. The van der Waals surface area contributed by atoms with Crippen molar-refractivity contribution >= 4 is 15.9 Å². The van der Waals surface area contributed by atoms with Crippen molar-refractivity contribution in [3.8, 4) is 0 Å². The minimum atomic E-state index is -0.550. The zero-order chi connectivity index (χ0) is 13.0. The van der Waals surface area contributed by atoms with Crippen LogP contribution in [0, 0.1) is 0 Å². The molecule has 3 N–H and O–H groups in total. The first-order valence-corrected chi connectivity index (χ1v) is 7.30. The van der Waals surface area contributed by atoms with Crippen molar-refractivity contribution in [3.63, 3.8) is 0 Å². The quantitative estimate of drug-likeness (QED) is 0.891. The lowest BCUT2D eigenvalue weighted by atomic mass is 9.85. The van der Waals surface area contributed by atoms with E-state index in [9.17, 15) is 5.11 Å². The molecule has 0 aromatic heterocycles. The second-order valence-corrected chi connectivity index (χ2v) is 6.08. The van der Waals surface area contributed by atoms with E-state index in [0.717, 1.165) is 43.4 Å². The zero-order valence-corrected chi connectivity index (χ0v) is 12.2. The molecule has 0 bridgehead atoms. The summed E-state index contributed by atoms with van der Waals surface area (Å²) in [4.78, 5) is 2.33. The number of hydrogen-bond donors (Lipinski definition) is 2. The van der Waals surface area contributed by atoms with Crippen LogP contribution in [0.5, 0.6) is 0 Å². The normalized spacial score (nSPS) is 19.9. The van der Waals surface area contributed by atoms with E-state index in [1.54, 1.807) is 0 Å². The molecule has 100 valence electrons. The highest BCUT2D eigenvalue weighted by atomic mass is 79.9. The number of nitrogens with zero attached hydrogens (tertiary/aromatic N) is 1. The van der Waals surface area contributed by atoms with Gasteiger partial charge < -0.3 is 15.7 Å². The lowest BCUT2D eigenvalue weighted by Crippen LogP contribution is -2.46. The molecule has 1 saturated heterocycles. The van der Waals surface area contributed by atoms with Crippen LogP contribution in [0.2, 0.25) is 0 Å². The summed E-state index contributed by atoms with van der Waals surface area (Å²) in [5.74, 6) is 0. The summed E-state index contributed by atoms with van der Waals surface area (Å²) >= 11 is 3.47. The molecule has 1 aromatic rings. The van der Waals surface area contributed by atoms with Crippen molar-refractivity contribution in [1.82, 2.24) is 4.90 Å². The number of hydrogen-bond acceptors (Lipinski definition) is 3. The standard InChI is InChI=1S/C14H21BrN2O/c15-13-3-1-2-12(10-13)11-14(18)4-7-17(8-5-14)9-6-16/h1-3,10,18H,4-9,11,16H2. The number of halogens is 1. The molecule has 0 amide bonds. The molecular formula is C14H21BrN2O. The van der Waals surface area contributed by atoms with E-state index in [-0.39, 0.29) is 0 Å². The highest BCUT2D eigenvalue weighted by Gasteiger charge is 2.32. The molecule has 0 unspecified atom stereocenters. The maximum absolute atomic E-state index is 10.6.